The SMILES string of the molecule is CN(C)CCNC(=O)c1nnc2n1CC1(CC2)CCN(Cc2ccoc2)CC1. The van der Waals surface area contributed by atoms with Gasteiger partial charge in [-0.1, -0.05) is 0 Å². The van der Waals surface area contributed by atoms with E-state index in [4.69, 9.17) is 4.42 Å². The van der Waals surface area contributed by atoms with Gasteiger partial charge in [-0.15, -0.1) is 10.2 Å². The lowest BCUT2D eigenvalue weighted by molar-refractivity contribution is 0.0617. The van der Waals surface area contributed by atoms with Gasteiger partial charge in [0, 0.05) is 38.2 Å². The maximum Gasteiger partial charge on any atom is 0.289 e. The van der Waals surface area contributed by atoms with Crippen molar-refractivity contribution in [3.05, 3.63) is 35.8 Å². The van der Waals surface area contributed by atoms with Crippen LogP contribution < -0.4 is 5.32 Å². The molecule has 1 amide bonds. The van der Waals surface area contributed by atoms with Crippen LogP contribution in [0.5, 0.6) is 0 Å². The van der Waals surface area contributed by atoms with Crippen molar-refractivity contribution < 1.29 is 9.21 Å². The third kappa shape index (κ3) is 4.12. The number of aromatic nitrogens is 3. The molecule has 28 heavy (non-hydrogen) atoms. The average Bonchev–Trinajstić information content (AvgIpc) is 3.33. The number of hydrogen-bond acceptors (Lipinski definition) is 6. The smallest absolute Gasteiger partial charge is 0.289 e. The van der Waals surface area contributed by atoms with Gasteiger partial charge in [0.25, 0.3) is 5.91 Å². The Kier molecular flexibility index (Phi) is 5.50. The lowest BCUT2D eigenvalue weighted by Crippen LogP contribution is -2.45. The second-order valence-corrected chi connectivity index (χ2v) is 8.49. The van der Waals surface area contributed by atoms with Gasteiger partial charge in [-0.05, 0) is 57.9 Å². The summed E-state index contributed by atoms with van der Waals surface area (Å²) in [6.07, 6.45) is 7.89. The molecular formula is C20H30N6O2. The monoisotopic (exact) mass is 386 g/mol. The Balaban J connectivity index is 1.38. The quantitative estimate of drug-likeness (QED) is 0.808. The Morgan fingerprint density at radius 2 is 2.11 bits per heavy atom. The summed E-state index contributed by atoms with van der Waals surface area (Å²) >= 11 is 0. The van der Waals surface area contributed by atoms with E-state index in [0.29, 0.717) is 12.4 Å². The summed E-state index contributed by atoms with van der Waals surface area (Å²) in [5.74, 6) is 1.30. The van der Waals surface area contributed by atoms with Crippen LogP contribution >= 0.6 is 0 Å². The number of carbonyl (C=O) groups is 1. The highest BCUT2D eigenvalue weighted by molar-refractivity contribution is 5.90. The summed E-state index contributed by atoms with van der Waals surface area (Å²) in [6.45, 7) is 5.38. The molecule has 2 aromatic heterocycles. The number of hydrogen-bond donors (Lipinski definition) is 1. The molecule has 2 aromatic rings. The van der Waals surface area contributed by atoms with Crippen molar-refractivity contribution >= 4 is 5.91 Å². The van der Waals surface area contributed by atoms with Crippen LogP contribution in [0.25, 0.3) is 0 Å². The number of rotatable bonds is 6. The van der Waals surface area contributed by atoms with Gasteiger partial charge in [0.15, 0.2) is 0 Å². The fraction of sp³-hybridized carbons (Fsp3) is 0.650. The summed E-state index contributed by atoms with van der Waals surface area (Å²) in [5, 5.41) is 11.5. The molecule has 4 heterocycles. The van der Waals surface area contributed by atoms with Crippen LogP contribution in [-0.4, -0.2) is 70.7 Å². The zero-order valence-corrected chi connectivity index (χ0v) is 16.9. The van der Waals surface area contributed by atoms with Crippen LogP contribution in [0.1, 0.15) is 41.3 Å². The van der Waals surface area contributed by atoms with E-state index in [1.807, 2.05) is 31.3 Å². The maximum atomic E-state index is 12.6. The molecule has 2 aliphatic heterocycles. The van der Waals surface area contributed by atoms with Crippen molar-refractivity contribution in [3.8, 4) is 0 Å². The molecule has 0 aliphatic carbocycles. The van der Waals surface area contributed by atoms with Crippen molar-refractivity contribution in [2.45, 2.75) is 38.8 Å². The molecule has 4 rings (SSSR count). The van der Waals surface area contributed by atoms with Gasteiger partial charge in [0.05, 0.1) is 12.5 Å². The first-order chi connectivity index (χ1) is 13.5. The van der Waals surface area contributed by atoms with Crippen molar-refractivity contribution in [2.24, 2.45) is 5.41 Å². The minimum atomic E-state index is -0.116. The van der Waals surface area contributed by atoms with Gasteiger partial charge < -0.3 is 19.2 Å². The van der Waals surface area contributed by atoms with E-state index in [0.717, 1.165) is 64.2 Å². The molecule has 2 aliphatic rings. The number of likely N-dealkylation sites (tertiary alicyclic amines) is 1. The standard InChI is InChI=1S/C20H30N6O2/c1-24(2)11-8-21-19(27)18-23-22-17-3-5-20(15-26(17)18)6-9-25(10-7-20)13-16-4-12-28-14-16/h4,12,14H,3,5-11,13,15H2,1-2H3,(H,21,27). The van der Waals surface area contributed by atoms with Crippen molar-refractivity contribution in [3.63, 3.8) is 0 Å². The fourth-order valence-electron chi connectivity index (χ4n) is 4.35. The Morgan fingerprint density at radius 3 is 2.82 bits per heavy atom. The highest BCUT2D eigenvalue weighted by atomic mass is 16.3. The van der Waals surface area contributed by atoms with Crippen LogP contribution in [-0.2, 0) is 19.5 Å². The highest BCUT2D eigenvalue weighted by Gasteiger charge is 2.39. The molecule has 1 spiro atoms. The Hall–Kier alpha value is -2.19. The molecule has 152 valence electrons. The second kappa shape index (κ2) is 8.05. The molecule has 0 radical (unpaired) electrons. The predicted octanol–water partition coefficient (Wildman–Crippen LogP) is 1.39. The lowest BCUT2D eigenvalue weighted by atomic mass is 9.73. The third-order valence-electron chi connectivity index (χ3n) is 6.15. The molecule has 0 aromatic carbocycles. The Labute approximate surface area is 165 Å². The summed E-state index contributed by atoms with van der Waals surface area (Å²) in [6, 6.07) is 2.04. The zero-order valence-electron chi connectivity index (χ0n) is 16.9. The van der Waals surface area contributed by atoms with Gasteiger partial charge in [0.1, 0.15) is 5.82 Å². The van der Waals surface area contributed by atoms with Crippen LogP contribution in [0.2, 0.25) is 0 Å². The minimum absolute atomic E-state index is 0.116. The molecular weight excluding hydrogens is 356 g/mol. The number of aryl methyl sites for hydroxylation is 1. The molecule has 0 unspecified atom stereocenters. The van der Waals surface area contributed by atoms with Crippen LogP contribution in [0.4, 0.5) is 0 Å². The van der Waals surface area contributed by atoms with E-state index in [1.165, 1.54) is 5.56 Å². The number of amides is 1. The van der Waals surface area contributed by atoms with Gasteiger partial charge in [-0.25, -0.2) is 0 Å². The molecule has 8 nitrogen and oxygen atoms in total. The molecule has 0 atom stereocenters. The van der Waals surface area contributed by atoms with E-state index in [9.17, 15) is 4.79 Å². The van der Waals surface area contributed by atoms with E-state index in [-0.39, 0.29) is 11.3 Å². The van der Waals surface area contributed by atoms with E-state index in [1.54, 1.807) is 6.26 Å². The van der Waals surface area contributed by atoms with Crippen LogP contribution in [0.3, 0.4) is 0 Å². The zero-order chi connectivity index (χ0) is 19.6. The van der Waals surface area contributed by atoms with Crippen LogP contribution in [0, 0.1) is 5.41 Å². The fourth-order valence-corrected chi connectivity index (χ4v) is 4.35. The third-order valence-corrected chi connectivity index (χ3v) is 6.15. The summed E-state index contributed by atoms with van der Waals surface area (Å²) in [7, 11) is 3.99. The summed E-state index contributed by atoms with van der Waals surface area (Å²) in [4.78, 5) is 17.1. The Bertz CT molecular complexity index is 790. The molecule has 0 bridgehead atoms. The topological polar surface area (TPSA) is 79.4 Å². The second-order valence-electron chi connectivity index (χ2n) is 8.49. The van der Waals surface area contributed by atoms with Crippen molar-refractivity contribution in [1.29, 1.82) is 0 Å². The summed E-state index contributed by atoms with van der Waals surface area (Å²) < 4.78 is 7.26. The van der Waals surface area contributed by atoms with Gasteiger partial charge in [-0.3, -0.25) is 9.69 Å². The predicted molar refractivity (Wildman–Crippen MR) is 105 cm³/mol. The van der Waals surface area contributed by atoms with E-state index in [2.05, 4.69) is 25.0 Å². The first kappa shape index (κ1) is 19.1. The van der Waals surface area contributed by atoms with Gasteiger partial charge in [-0.2, -0.15) is 0 Å². The first-order valence-corrected chi connectivity index (χ1v) is 10.1. The molecule has 8 heteroatoms. The molecule has 1 fully saturated rings. The number of piperidine rings is 1. The average molecular weight is 387 g/mol. The van der Waals surface area contributed by atoms with E-state index < -0.39 is 0 Å². The number of carbonyl (C=O) groups excluding carboxylic acids is 1. The van der Waals surface area contributed by atoms with Crippen molar-refractivity contribution in [2.75, 3.05) is 40.3 Å². The number of fused-ring (bicyclic) bond motifs is 1. The molecule has 1 N–H and O–H groups in total. The van der Waals surface area contributed by atoms with E-state index >= 15 is 0 Å². The largest absolute Gasteiger partial charge is 0.472 e. The lowest BCUT2D eigenvalue weighted by Gasteiger charge is -2.44. The molecule has 0 saturated carbocycles. The summed E-state index contributed by atoms with van der Waals surface area (Å²) in [5.41, 5.74) is 1.48. The minimum Gasteiger partial charge on any atom is -0.472 e. The van der Waals surface area contributed by atoms with Crippen LogP contribution in [0.15, 0.2) is 23.0 Å². The number of furan rings is 1. The van der Waals surface area contributed by atoms with Gasteiger partial charge >= 0.3 is 0 Å². The normalized spacial score (nSPS) is 19.1. The maximum absolute atomic E-state index is 12.6. The Morgan fingerprint density at radius 1 is 1.29 bits per heavy atom. The van der Waals surface area contributed by atoms with Gasteiger partial charge in [0.2, 0.25) is 5.82 Å². The number of likely N-dealkylation sites (N-methyl/N-ethyl adjacent to an activating group) is 1. The molecule has 1 saturated heterocycles. The first-order valence-electron chi connectivity index (χ1n) is 10.1. The van der Waals surface area contributed by atoms with Crippen molar-refractivity contribution in [1.82, 2.24) is 29.9 Å². The number of nitrogens with one attached hydrogen (secondary N) is 1. The highest BCUT2D eigenvalue weighted by Crippen LogP contribution is 2.41. The number of nitrogens with zero attached hydrogens (tertiary/aromatic N) is 5.